The summed E-state index contributed by atoms with van der Waals surface area (Å²) >= 11 is 12.7. The van der Waals surface area contributed by atoms with Gasteiger partial charge in [0.25, 0.3) is 5.91 Å². The molecule has 0 N–H and O–H groups in total. The van der Waals surface area contributed by atoms with Crippen LogP contribution < -0.4 is 9.47 Å². The van der Waals surface area contributed by atoms with Gasteiger partial charge in [-0.05, 0) is 42.8 Å². The third kappa shape index (κ3) is 5.65. The number of aryl methyl sites for hydroxylation is 1. The molecule has 0 saturated carbocycles. The van der Waals surface area contributed by atoms with Gasteiger partial charge in [0.05, 0.1) is 18.1 Å². The first-order chi connectivity index (χ1) is 14.5. The monoisotopic (exact) mass is 459 g/mol. The molecule has 0 aliphatic carbocycles. The molecule has 1 aliphatic heterocycles. The van der Waals surface area contributed by atoms with Gasteiger partial charge in [-0.2, -0.15) is 0 Å². The van der Waals surface area contributed by atoms with Crippen molar-refractivity contribution in [2.24, 2.45) is 0 Å². The molecule has 1 amide bonds. The standard InChI is InChI=1S/C23H22ClNO3S2/c1-3-11-25-22(26)21(30-23(25)29)15-17-14-18(24)9-10-20(17)28-13-6-12-27-19-8-5-4-7-16(19)2/h3-5,7-10,14-15H,1,6,11-13H2,2H3. The number of thioether (sulfide) groups is 1. The molecule has 0 spiro atoms. The van der Waals surface area contributed by atoms with Gasteiger partial charge in [0, 0.05) is 23.6 Å². The minimum absolute atomic E-state index is 0.137. The first-order valence-corrected chi connectivity index (χ1v) is 11.1. The molecule has 156 valence electrons. The van der Waals surface area contributed by atoms with Gasteiger partial charge in [-0.15, -0.1) is 6.58 Å². The number of ether oxygens (including phenoxy) is 2. The second kappa shape index (κ2) is 10.7. The molecule has 3 rings (SSSR count). The van der Waals surface area contributed by atoms with E-state index in [9.17, 15) is 4.79 Å². The Morgan fingerprint density at radius 3 is 2.63 bits per heavy atom. The summed E-state index contributed by atoms with van der Waals surface area (Å²) in [5.74, 6) is 1.40. The number of halogens is 1. The number of carbonyl (C=O) groups is 1. The van der Waals surface area contributed by atoms with Crippen LogP contribution in [-0.2, 0) is 4.79 Å². The van der Waals surface area contributed by atoms with Gasteiger partial charge in [-0.1, -0.05) is 59.9 Å². The van der Waals surface area contributed by atoms with E-state index in [1.807, 2.05) is 31.2 Å². The first kappa shape index (κ1) is 22.4. The Bertz CT molecular complexity index is 990. The van der Waals surface area contributed by atoms with Crippen LogP contribution in [0.15, 0.2) is 60.0 Å². The van der Waals surface area contributed by atoms with Gasteiger partial charge in [-0.3, -0.25) is 9.69 Å². The maximum atomic E-state index is 12.6. The van der Waals surface area contributed by atoms with Crippen molar-refractivity contribution in [3.05, 3.63) is 76.2 Å². The zero-order valence-electron chi connectivity index (χ0n) is 16.6. The minimum Gasteiger partial charge on any atom is -0.493 e. The topological polar surface area (TPSA) is 38.8 Å². The second-order valence-corrected chi connectivity index (χ2v) is 8.69. The molecule has 0 unspecified atom stereocenters. The molecule has 4 nitrogen and oxygen atoms in total. The lowest BCUT2D eigenvalue weighted by Crippen LogP contribution is -2.27. The van der Waals surface area contributed by atoms with Crippen molar-refractivity contribution < 1.29 is 14.3 Å². The Kier molecular flexibility index (Phi) is 7.96. The molecule has 0 bridgehead atoms. The van der Waals surface area contributed by atoms with Gasteiger partial charge < -0.3 is 9.47 Å². The summed E-state index contributed by atoms with van der Waals surface area (Å²) in [4.78, 5) is 14.6. The van der Waals surface area contributed by atoms with E-state index in [2.05, 4.69) is 6.58 Å². The largest absolute Gasteiger partial charge is 0.493 e. The molecule has 0 aromatic heterocycles. The van der Waals surface area contributed by atoms with Crippen LogP contribution in [0, 0.1) is 6.92 Å². The summed E-state index contributed by atoms with van der Waals surface area (Å²) in [5.41, 5.74) is 1.84. The molecule has 2 aromatic rings. The van der Waals surface area contributed by atoms with Crippen LogP contribution in [0.4, 0.5) is 0 Å². The predicted octanol–water partition coefficient (Wildman–Crippen LogP) is 5.88. The highest BCUT2D eigenvalue weighted by atomic mass is 35.5. The number of hydrogen-bond acceptors (Lipinski definition) is 5. The van der Waals surface area contributed by atoms with Gasteiger partial charge in [0.1, 0.15) is 15.8 Å². The molecule has 1 saturated heterocycles. The molecule has 0 atom stereocenters. The summed E-state index contributed by atoms with van der Waals surface area (Å²) in [7, 11) is 0. The molecule has 1 heterocycles. The van der Waals surface area contributed by atoms with E-state index >= 15 is 0 Å². The summed E-state index contributed by atoms with van der Waals surface area (Å²) in [6.07, 6.45) is 4.14. The predicted molar refractivity (Wildman–Crippen MR) is 128 cm³/mol. The highest BCUT2D eigenvalue weighted by molar-refractivity contribution is 8.26. The zero-order chi connectivity index (χ0) is 21.5. The lowest BCUT2D eigenvalue weighted by atomic mass is 10.2. The van der Waals surface area contributed by atoms with E-state index < -0.39 is 0 Å². The van der Waals surface area contributed by atoms with Gasteiger partial charge in [0.2, 0.25) is 0 Å². The van der Waals surface area contributed by atoms with Crippen molar-refractivity contribution in [1.29, 1.82) is 0 Å². The molecule has 1 fully saturated rings. The highest BCUT2D eigenvalue weighted by Gasteiger charge is 2.31. The molecule has 2 aromatic carbocycles. The highest BCUT2D eigenvalue weighted by Crippen LogP contribution is 2.35. The minimum atomic E-state index is -0.137. The smallest absolute Gasteiger partial charge is 0.266 e. The number of nitrogens with zero attached hydrogens (tertiary/aromatic N) is 1. The number of rotatable bonds is 9. The average Bonchev–Trinajstić information content (AvgIpc) is 2.98. The molecule has 30 heavy (non-hydrogen) atoms. The molecule has 0 radical (unpaired) electrons. The van der Waals surface area contributed by atoms with Gasteiger partial charge in [0.15, 0.2) is 0 Å². The maximum absolute atomic E-state index is 12.6. The van der Waals surface area contributed by atoms with Crippen molar-refractivity contribution in [1.82, 2.24) is 4.90 Å². The van der Waals surface area contributed by atoms with E-state index in [0.29, 0.717) is 39.8 Å². The van der Waals surface area contributed by atoms with E-state index in [1.165, 1.54) is 16.7 Å². The lowest BCUT2D eigenvalue weighted by Gasteiger charge is -2.12. The Balaban J connectivity index is 1.63. The van der Waals surface area contributed by atoms with Crippen molar-refractivity contribution >= 4 is 51.9 Å². The van der Waals surface area contributed by atoms with Crippen LogP contribution in [0.25, 0.3) is 6.08 Å². The summed E-state index contributed by atoms with van der Waals surface area (Å²) in [6.45, 7) is 7.11. The fourth-order valence-electron chi connectivity index (χ4n) is 2.83. The molecule has 1 aliphatic rings. The van der Waals surface area contributed by atoms with Crippen LogP contribution in [0.5, 0.6) is 11.5 Å². The van der Waals surface area contributed by atoms with Crippen LogP contribution in [-0.4, -0.2) is 34.9 Å². The Morgan fingerprint density at radius 2 is 1.90 bits per heavy atom. The number of benzene rings is 2. The van der Waals surface area contributed by atoms with E-state index in [0.717, 1.165) is 23.3 Å². The first-order valence-electron chi connectivity index (χ1n) is 9.46. The Morgan fingerprint density at radius 1 is 1.17 bits per heavy atom. The number of carbonyl (C=O) groups excluding carboxylic acids is 1. The van der Waals surface area contributed by atoms with Gasteiger partial charge in [-0.25, -0.2) is 0 Å². The summed E-state index contributed by atoms with van der Waals surface area (Å²) < 4.78 is 12.3. The quantitative estimate of drug-likeness (QED) is 0.202. The fourth-order valence-corrected chi connectivity index (χ4v) is 4.28. The third-order valence-electron chi connectivity index (χ3n) is 4.34. The number of amides is 1. The van der Waals surface area contributed by atoms with Crippen molar-refractivity contribution in [3.63, 3.8) is 0 Å². The number of hydrogen-bond donors (Lipinski definition) is 0. The van der Waals surface area contributed by atoms with Crippen LogP contribution in [0.1, 0.15) is 17.5 Å². The summed E-state index contributed by atoms with van der Waals surface area (Å²) in [5, 5.41) is 0.568. The maximum Gasteiger partial charge on any atom is 0.266 e. The van der Waals surface area contributed by atoms with Crippen LogP contribution in [0.2, 0.25) is 5.02 Å². The van der Waals surface area contributed by atoms with Crippen molar-refractivity contribution in [2.45, 2.75) is 13.3 Å². The van der Waals surface area contributed by atoms with Gasteiger partial charge >= 0.3 is 0 Å². The Labute approximate surface area is 191 Å². The van der Waals surface area contributed by atoms with Crippen LogP contribution in [0.3, 0.4) is 0 Å². The zero-order valence-corrected chi connectivity index (χ0v) is 19.0. The van der Waals surface area contributed by atoms with Crippen molar-refractivity contribution in [3.8, 4) is 11.5 Å². The summed E-state index contributed by atoms with van der Waals surface area (Å²) in [6, 6.07) is 13.3. The van der Waals surface area contributed by atoms with E-state index in [-0.39, 0.29) is 5.91 Å². The van der Waals surface area contributed by atoms with Crippen molar-refractivity contribution in [2.75, 3.05) is 19.8 Å². The molecular formula is C23H22ClNO3S2. The van der Waals surface area contributed by atoms with E-state index in [4.69, 9.17) is 33.3 Å². The number of thiocarbonyl (C=S) groups is 1. The lowest BCUT2D eigenvalue weighted by molar-refractivity contribution is -0.121. The molecular weight excluding hydrogens is 438 g/mol. The average molecular weight is 460 g/mol. The molecule has 7 heteroatoms. The SMILES string of the molecule is C=CCN1C(=O)C(=Cc2cc(Cl)ccc2OCCCOc2ccccc2C)SC1=S. The normalized spacial score (nSPS) is 15.0. The third-order valence-corrected chi connectivity index (χ3v) is 5.95. The Hall–Kier alpha value is -2.28. The van der Waals surface area contributed by atoms with Crippen LogP contribution >= 0.6 is 35.6 Å². The van der Waals surface area contributed by atoms with E-state index in [1.54, 1.807) is 30.4 Å². The fraction of sp³-hybridized carbons (Fsp3) is 0.217. The number of para-hydroxylation sites is 1. The second-order valence-electron chi connectivity index (χ2n) is 6.58.